The summed E-state index contributed by atoms with van der Waals surface area (Å²) in [5.41, 5.74) is 0.0181. The van der Waals surface area contributed by atoms with Crippen molar-refractivity contribution < 1.29 is 9.66 Å². The lowest BCUT2D eigenvalue weighted by molar-refractivity contribution is -0.384. The van der Waals surface area contributed by atoms with Crippen LogP contribution in [0.5, 0.6) is 5.88 Å². The van der Waals surface area contributed by atoms with E-state index in [4.69, 9.17) is 4.74 Å². The second kappa shape index (κ2) is 5.18. The SMILES string of the molecule is CCN(c1nc(OC)ccc1[N+](=O)[O-])C1CNC1. The van der Waals surface area contributed by atoms with Gasteiger partial charge < -0.3 is 15.0 Å². The van der Waals surface area contributed by atoms with Gasteiger partial charge in [-0.2, -0.15) is 4.98 Å². The van der Waals surface area contributed by atoms with Gasteiger partial charge in [-0.25, -0.2) is 0 Å². The Hall–Kier alpha value is -1.89. The molecule has 0 aliphatic carbocycles. The van der Waals surface area contributed by atoms with Crippen LogP contribution in [0.3, 0.4) is 0 Å². The molecule has 1 aromatic rings. The van der Waals surface area contributed by atoms with Crippen molar-refractivity contribution in [1.82, 2.24) is 10.3 Å². The highest BCUT2D eigenvalue weighted by Crippen LogP contribution is 2.30. The Bertz CT molecular complexity index is 448. The summed E-state index contributed by atoms with van der Waals surface area (Å²) in [5.74, 6) is 0.773. The maximum absolute atomic E-state index is 11.1. The topological polar surface area (TPSA) is 80.5 Å². The molecule has 7 nitrogen and oxygen atoms in total. The standard InChI is InChI=1S/C11H16N4O3/c1-3-14(8-6-12-7-8)11-9(15(16)17)4-5-10(13-11)18-2/h4-5,8,12H,3,6-7H2,1-2H3. The summed E-state index contributed by atoms with van der Waals surface area (Å²) in [6.07, 6.45) is 0. The van der Waals surface area contributed by atoms with Crippen LogP contribution in [0.25, 0.3) is 0 Å². The molecule has 1 N–H and O–H groups in total. The Morgan fingerprint density at radius 3 is 2.78 bits per heavy atom. The molecule has 0 radical (unpaired) electrons. The van der Waals surface area contributed by atoms with Gasteiger partial charge in [-0.1, -0.05) is 0 Å². The largest absolute Gasteiger partial charge is 0.481 e. The van der Waals surface area contributed by atoms with Crippen molar-refractivity contribution in [1.29, 1.82) is 0 Å². The molecule has 1 aliphatic heterocycles. The maximum Gasteiger partial charge on any atom is 0.311 e. The molecule has 1 saturated heterocycles. The van der Waals surface area contributed by atoms with Crippen LogP contribution in [0, 0.1) is 10.1 Å². The molecule has 1 aromatic heterocycles. The third-order valence-electron chi connectivity index (χ3n) is 3.05. The van der Waals surface area contributed by atoms with E-state index in [-0.39, 0.29) is 11.7 Å². The fourth-order valence-electron chi connectivity index (χ4n) is 1.97. The second-order valence-electron chi connectivity index (χ2n) is 4.05. The normalized spacial score (nSPS) is 15.0. The highest BCUT2D eigenvalue weighted by Gasteiger charge is 2.30. The van der Waals surface area contributed by atoms with E-state index in [0.29, 0.717) is 18.2 Å². The van der Waals surface area contributed by atoms with Crippen LogP contribution in [-0.4, -0.2) is 42.7 Å². The predicted molar refractivity (Wildman–Crippen MR) is 67.1 cm³/mol. The van der Waals surface area contributed by atoms with E-state index >= 15 is 0 Å². The van der Waals surface area contributed by atoms with Crippen molar-refractivity contribution in [3.63, 3.8) is 0 Å². The molecule has 0 spiro atoms. The van der Waals surface area contributed by atoms with Crippen LogP contribution < -0.4 is 15.0 Å². The third-order valence-corrected chi connectivity index (χ3v) is 3.05. The molecular weight excluding hydrogens is 236 g/mol. The number of likely N-dealkylation sites (N-methyl/N-ethyl adjacent to an activating group) is 1. The first-order valence-corrected chi connectivity index (χ1v) is 5.84. The van der Waals surface area contributed by atoms with Gasteiger partial charge in [0.15, 0.2) is 0 Å². The van der Waals surface area contributed by atoms with E-state index < -0.39 is 4.92 Å². The number of methoxy groups -OCH3 is 1. The highest BCUT2D eigenvalue weighted by atomic mass is 16.6. The minimum Gasteiger partial charge on any atom is -0.481 e. The van der Waals surface area contributed by atoms with E-state index in [1.807, 2.05) is 11.8 Å². The minimum atomic E-state index is -0.406. The van der Waals surface area contributed by atoms with Gasteiger partial charge in [0.2, 0.25) is 11.7 Å². The number of pyridine rings is 1. The van der Waals surface area contributed by atoms with Crippen molar-refractivity contribution in [2.24, 2.45) is 0 Å². The van der Waals surface area contributed by atoms with Gasteiger partial charge in [0, 0.05) is 31.8 Å². The number of nitrogens with zero attached hydrogens (tertiary/aromatic N) is 3. The molecule has 0 atom stereocenters. The van der Waals surface area contributed by atoms with Crippen LogP contribution >= 0.6 is 0 Å². The van der Waals surface area contributed by atoms with E-state index in [2.05, 4.69) is 10.3 Å². The Morgan fingerprint density at radius 2 is 2.33 bits per heavy atom. The monoisotopic (exact) mass is 252 g/mol. The fourth-order valence-corrected chi connectivity index (χ4v) is 1.97. The van der Waals surface area contributed by atoms with Gasteiger partial charge >= 0.3 is 5.69 Å². The van der Waals surface area contributed by atoms with Gasteiger partial charge in [-0.05, 0) is 6.92 Å². The van der Waals surface area contributed by atoms with Crippen molar-refractivity contribution >= 4 is 11.5 Å². The highest BCUT2D eigenvalue weighted by molar-refractivity contribution is 5.60. The Morgan fingerprint density at radius 1 is 1.61 bits per heavy atom. The van der Waals surface area contributed by atoms with Crippen LogP contribution in [-0.2, 0) is 0 Å². The number of anilines is 1. The molecule has 0 amide bonds. The first-order chi connectivity index (χ1) is 8.67. The molecule has 7 heteroatoms. The second-order valence-corrected chi connectivity index (χ2v) is 4.05. The summed E-state index contributed by atoms with van der Waals surface area (Å²) in [6, 6.07) is 3.21. The number of hydrogen-bond acceptors (Lipinski definition) is 6. The molecule has 2 rings (SSSR count). The number of aromatic nitrogens is 1. The summed E-state index contributed by atoms with van der Waals surface area (Å²) in [4.78, 5) is 16.8. The van der Waals surface area contributed by atoms with E-state index in [0.717, 1.165) is 13.1 Å². The minimum absolute atomic E-state index is 0.0181. The molecule has 0 aromatic carbocycles. The summed E-state index contributed by atoms with van der Waals surface area (Å²) in [5, 5.41) is 14.2. The molecule has 1 aliphatic rings. The summed E-state index contributed by atoms with van der Waals surface area (Å²) in [7, 11) is 1.50. The molecule has 98 valence electrons. The molecule has 2 heterocycles. The average Bonchev–Trinajstić information content (AvgIpc) is 2.32. The first-order valence-electron chi connectivity index (χ1n) is 5.84. The lowest BCUT2D eigenvalue weighted by atomic mass is 10.1. The third kappa shape index (κ3) is 2.21. The number of nitro groups is 1. The van der Waals surface area contributed by atoms with Crippen LogP contribution in [0.15, 0.2) is 12.1 Å². The Balaban J connectivity index is 2.40. The molecule has 0 saturated carbocycles. The first kappa shape index (κ1) is 12.6. The predicted octanol–water partition coefficient (Wildman–Crippen LogP) is 0.796. The van der Waals surface area contributed by atoms with Gasteiger partial charge in [0.25, 0.3) is 0 Å². The number of nitrogens with one attached hydrogen (secondary N) is 1. The Labute approximate surface area is 105 Å². The zero-order valence-electron chi connectivity index (χ0n) is 10.4. The van der Waals surface area contributed by atoms with E-state index in [1.165, 1.54) is 19.2 Å². The maximum atomic E-state index is 11.1. The van der Waals surface area contributed by atoms with Gasteiger partial charge in [0.1, 0.15) is 0 Å². The molecule has 0 unspecified atom stereocenters. The van der Waals surface area contributed by atoms with Crippen molar-refractivity contribution in [2.45, 2.75) is 13.0 Å². The molecule has 1 fully saturated rings. The van der Waals surface area contributed by atoms with Crippen LogP contribution in [0.2, 0.25) is 0 Å². The van der Waals surface area contributed by atoms with Gasteiger partial charge in [0.05, 0.1) is 18.1 Å². The zero-order chi connectivity index (χ0) is 13.1. The summed E-state index contributed by atoms with van der Waals surface area (Å²) in [6.45, 7) is 4.28. The number of ether oxygens (including phenoxy) is 1. The fraction of sp³-hybridized carbons (Fsp3) is 0.545. The van der Waals surface area contributed by atoms with Crippen molar-refractivity contribution in [3.05, 3.63) is 22.2 Å². The van der Waals surface area contributed by atoms with Crippen LogP contribution in [0.4, 0.5) is 11.5 Å². The quantitative estimate of drug-likeness (QED) is 0.616. The van der Waals surface area contributed by atoms with Crippen LogP contribution in [0.1, 0.15) is 6.92 Å². The van der Waals surface area contributed by atoms with Crippen molar-refractivity contribution in [3.8, 4) is 5.88 Å². The summed E-state index contributed by atoms with van der Waals surface area (Å²) >= 11 is 0. The number of hydrogen-bond donors (Lipinski definition) is 1. The van der Waals surface area contributed by atoms with Gasteiger partial charge in [-0.3, -0.25) is 10.1 Å². The van der Waals surface area contributed by atoms with Crippen molar-refractivity contribution in [2.75, 3.05) is 31.6 Å². The molecule has 0 bridgehead atoms. The Kier molecular flexibility index (Phi) is 3.61. The zero-order valence-corrected chi connectivity index (χ0v) is 10.4. The van der Waals surface area contributed by atoms with Gasteiger partial charge in [-0.15, -0.1) is 0 Å². The smallest absolute Gasteiger partial charge is 0.311 e. The van der Waals surface area contributed by atoms with E-state index in [9.17, 15) is 10.1 Å². The number of rotatable bonds is 5. The lowest BCUT2D eigenvalue weighted by Crippen LogP contribution is -2.57. The summed E-state index contributed by atoms with van der Waals surface area (Å²) < 4.78 is 5.04. The lowest BCUT2D eigenvalue weighted by Gasteiger charge is -2.38. The van der Waals surface area contributed by atoms with E-state index in [1.54, 1.807) is 0 Å². The molecule has 18 heavy (non-hydrogen) atoms. The molecular formula is C11H16N4O3. The average molecular weight is 252 g/mol.